The van der Waals surface area contributed by atoms with Gasteiger partial charge in [-0.2, -0.15) is 4.99 Å². The molecule has 0 unspecified atom stereocenters. The summed E-state index contributed by atoms with van der Waals surface area (Å²) in [5, 5.41) is 0. The molecule has 0 saturated carbocycles. The van der Waals surface area contributed by atoms with Crippen LogP contribution in [0.3, 0.4) is 0 Å². The molecule has 3 rings (SSSR count). The van der Waals surface area contributed by atoms with Gasteiger partial charge in [-0.15, -0.1) is 0 Å². The van der Waals surface area contributed by atoms with Crippen molar-refractivity contribution in [2.45, 2.75) is 54.0 Å². The average Bonchev–Trinajstić information content (AvgIpc) is 3.12. The van der Waals surface area contributed by atoms with Crippen LogP contribution in [-0.4, -0.2) is 30.3 Å². The molecule has 0 fully saturated rings. The Labute approximate surface area is 193 Å². The highest BCUT2D eigenvalue weighted by atomic mass is 32.1. The van der Waals surface area contributed by atoms with Crippen LogP contribution in [0.25, 0.3) is 10.2 Å². The van der Waals surface area contributed by atoms with Crippen LogP contribution < -0.4 is 19.0 Å². The van der Waals surface area contributed by atoms with E-state index in [-0.39, 0.29) is 5.91 Å². The van der Waals surface area contributed by atoms with Crippen LogP contribution in [0.1, 0.15) is 57.0 Å². The molecule has 6 nitrogen and oxygen atoms in total. The maximum absolute atomic E-state index is 13.2. The van der Waals surface area contributed by atoms with E-state index in [1.165, 1.54) is 5.56 Å². The Morgan fingerprint density at radius 1 is 0.938 bits per heavy atom. The minimum atomic E-state index is -0.331. The molecule has 0 aliphatic heterocycles. The van der Waals surface area contributed by atoms with Gasteiger partial charge >= 0.3 is 0 Å². The van der Waals surface area contributed by atoms with Crippen molar-refractivity contribution in [1.82, 2.24) is 4.57 Å². The lowest BCUT2D eigenvalue weighted by molar-refractivity contribution is 0.0996. The van der Waals surface area contributed by atoms with Crippen molar-refractivity contribution in [3.05, 3.63) is 46.3 Å². The van der Waals surface area contributed by atoms with Crippen molar-refractivity contribution >= 4 is 27.5 Å². The minimum absolute atomic E-state index is 0.331. The zero-order chi connectivity index (χ0) is 23.1. The first-order valence-electron chi connectivity index (χ1n) is 11.3. The van der Waals surface area contributed by atoms with Crippen LogP contribution in [0.4, 0.5) is 0 Å². The molecule has 7 heteroatoms. The molecule has 2 aromatic carbocycles. The molecule has 0 atom stereocenters. The summed E-state index contributed by atoms with van der Waals surface area (Å²) in [5.74, 6) is 1.17. The number of thiazole rings is 1. The van der Waals surface area contributed by atoms with Gasteiger partial charge < -0.3 is 18.8 Å². The molecule has 0 saturated heterocycles. The molecule has 0 radical (unpaired) electrons. The van der Waals surface area contributed by atoms with E-state index in [0.717, 1.165) is 29.6 Å². The fourth-order valence-corrected chi connectivity index (χ4v) is 4.64. The first kappa shape index (κ1) is 23.9. The van der Waals surface area contributed by atoms with Crippen molar-refractivity contribution in [2.75, 3.05) is 19.8 Å². The SMILES string of the molecule is CCCn1c(=NC(=O)c2cc(OCC)c(OCC)c(OCC)c2)sc2cc(CC)ccc21. The maximum atomic E-state index is 13.2. The van der Waals surface area contributed by atoms with Gasteiger partial charge in [0.05, 0.1) is 30.0 Å². The van der Waals surface area contributed by atoms with Gasteiger partial charge in [0.2, 0.25) is 5.75 Å². The van der Waals surface area contributed by atoms with Crippen molar-refractivity contribution in [3.8, 4) is 17.2 Å². The summed E-state index contributed by atoms with van der Waals surface area (Å²) in [6.07, 6.45) is 1.92. The van der Waals surface area contributed by atoms with Gasteiger partial charge in [-0.3, -0.25) is 4.79 Å². The third kappa shape index (κ3) is 5.15. The average molecular weight is 457 g/mol. The van der Waals surface area contributed by atoms with Crippen LogP contribution >= 0.6 is 11.3 Å². The Hall–Kier alpha value is -2.80. The zero-order valence-corrected chi connectivity index (χ0v) is 20.4. The number of aromatic nitrogens is 1. The van der Waals surface area contributed by atoms with E-state index >= 15 is 0 Å². The van der Waals surface area contributed by atoms with Crippen molar-refractivity contribution in [3.63, 3.8) is 0 Å². The van der Waals surface area contributed by atoms with Crippen LogP contribution in [-0.2, 0) is 13.0 Å². The summed E-state index contributed by atoms with van der Waals surface area (Å²) in [5.41, 5.74) is 2.79. The first-order chi connectivity index (χ1) is 15.6. The van der Waals surface area contributed by atoms with E-state index in [9.17, 15) is 4.79 Å². The number of amides is 1. The topological polar surface area (TPSA) is 62.1 Å². The lowest BCUT2D eigenvalue weighted by Gasteiger charge is -2.16. The maximum Gasteiger partial charge on any atom is 0.279 e. The Morgan fingerprint density at radius 3 is 2.16 bits per heavy atom. The lowest BCUT2D eigenvalue weighted by Crippen LogP contribution is -2.17. The van der Waals surface area contributed by atoms with E-state index in [1.54, 1.807) is 23.5 Å². The van der Waals surface area contributed by atoms with E-state index in [0.29, 0.717) is 47.4 Å². The van der Waals surface area contributed by atoms with Crippen LogP contribution in [0.2, 0.25) is 0 Å². The smallest absolute Gasteiger partial charge is 0.279 e. The molecule has 32 heavy (non-hydrogen) atoms. The quantitative estimate of drug-likeness (QED) is 0.398. The Balaban J connectivity index is 2.12. The summed E-state index contributed by atoms with van der Waals surface area (Å²) >= 11 is 1.54. The summed E-state index contributed by atoms with van der Waals surface area (Å²) in [4.78, 5) is 18.4. The molecule has 0 N–H and O–H groups in total. The van der Waals surface area contributed by atoms with Crippen LogP contribution in [0.15, 0.2) is 35.3 Å². The number of aryl methyl sites for hydroxylation is 2. The number of carbonyl (C=O) groups is 1. The molecule has 1 amide bonds. The van der Waals surface area contributed by atoms with Gasteiger partial charge in [-0.05, 0) is 63.4 Å². The Kier molecular flexibility index (Phi) is 8.33. The number of hydrogen-bond donors (Lipinski definition) is 0. The normalized spacial score (nSPS) is 11.7. The number of ether oxygens (including phenoxy) is 3. The molecule has 3 aromatic rings. The second-order valence-electron chi connectivity index (χ2n) is 7.21. The number of fused-ring (bicyclic) bond motifs is 1. The predicted molar refractivity (Wildman–Crippen MR) is 129 cm³/mol. The van der Waals surface area contributed by atoms with Gasteiger partial charge in [0.25, 0.3) is 5.91 Å². The van der Waals surface area contributed by atoms with Gasteiger partial charge in [-0.1, -0.05) is 31.3 Å². The van der Waals surface area contributed by atoms with Crippen molar-refractivity contribution in [2.24, 2.45) is 4.99 Å². The summed E-state index contributed by atoms with van der Waals surface area (Å²) in [6, 6.07) is 9.83. The van der Waals surface area contributed by atoms with E-state index in [2.05, 4.69) is 41.6 Å². The number of carbonyl (C=O) groups excluding carboxylic acids is 1. The predicted octanol–water partition coefficient (Wildman–Crippen LogP) is 5.61. The van der Waals surface area contributed by atoms with Gasteiger partial charge in [-0.25, -0.2) is 0 Å². The third-order valence-corrected chi connectivity index (χ3v) is 6.00. The van der Waals surface area contributed by atoms with E-state index < -0.39 is 0 Å². The Morgan fingerprint density at radius 2 is 1.59 bits per heavy atom. The van der Waals surface area contributed by atoms with E-state index in [4.69, 9.17) is 14.2 Å². The molecule has 0 aliphatic rings. The number of nitrogens with zero attached hydrogens (tertiary/aromatic N) is 2. The molecular formula is C25H32N2O4S. The Bertz CT molecular complexity index is 1120. The fraction of sp³-hybridized carbons (Fsp3) is 0.440. The molecular weight excluding hydrogens is 424 g/mol. The first-order valence-corrected chi connectivity index (χ1v) is 12.1. The molecule has 0 aliphatic carbocycles. The zero-order valence-electron chi connectivity index (χ0n) is 19.6. The molecule has 1 aromatic heterocycles. The minimum Gasteiger partial charge on any atom is -0.490 e. The molecule has 0 bridgehead atoms. The van der Waals surface area contributed by atoms with Crippen LogP contribution in [0, 0.1) is 0 Å². The van der Waals surface area contributed by atoms with Crippen molar-refractivity contribution < 1.29 is 19.0 Å². The molecule has 172 valence electrons. The van der Waals surface area contributed by atoms with Gasteiger partial charge in [0.1, 0.15) is 0 Å². The van der Waals surface area contributed by atoms with Gasteiger partial charge in [0.15, 0.2) is 16.3 Å². The second kappa shape index (κ2) is 11.2. The second-order valence-corrected chi connectivity index (χ2v) is 8.22. The third-order valence-electron chi connectivity index (χ3n) is 4.96. The highest BCUT2D eigenvalue weighted by Gasteiger charge is 2.18. The van der Waals surface area contributed by atoms with E-state index in [1.807, 2.05) is 20.8 Å². The summed E-state index contributed by atoms with van der Waals surface area (Å²) < 4.78 is 20.5. The number of rotatable bonds is 10. The highest BCUT2D eigenvalue weighted by Crippen LogP contribution is 2.39. The number of hydrogen-bond acceptors (Lipinski definition) is 5. The largest absolute Gasteiger partial charge is 0.490 e. The monoisotopic (exact) mass is 456 g/mol. The van der Waals surface area contributed by atoms with Crippen molar-refractivity contribution in [1.29, 1.82) is 0 Å². The summed E-state index contributed by atoms with van der Waals surface area (Å²) in [7, 11) is 0. The summed E-state index contributed by atoms with van der Waals surface area (Å²) in [6.45, 7) is 12.1. The van der Waals surface area contributed by atoms with Crippen LogP contribution in [0.5, 0.6) is 17.2 Å². The lowest BCUT2D eigenvalue weighted by atomic mass is 10.1. The molecule has 0 spiro atoms. The standard InChI is InChI=1S/C25H32N2O4S/c1-6-13-27-19-12-11-17(7-2)14-22(19)32-25(27)26-24(28)18-15-20(29-8-3)23(31-10-5)21(16-18)30-9-4/h11-12,14-16H,6-10,13H2,1-5H3. The molecule has 1 heterocycles. The number of benzene rings is 2. The fourth-order valence-electron chi connectivity index (χ4n) is 3.53. The highest BCUT2D eigenvalue weighted by molar-refractivity contribution is 7.16. The van der Waals surface area contributed by atoms with Gasteiger partial charge in [0, 0.05) is 12.1 Å².